The number of hydrogen-bond donors (Lipinski definition) is 2. The lowest BCUT2D eigenvalue weighted by Crippen LogP contribution is -2.28. The first kappa shape index (κ1) is 18.1. The van der Waals surface area contributed by atoms with E-state index >= 15 is 0 Å². The predicted octanol–water partition coefficient (Wildman–Crippen LogP) is 2.43. The van der Waals surface area contributed by atoms with Gasteiger partial charge in [0.25, 0.3) is 0 Å². The molecule has 0 heterocycles. The van der Waals surface area contributed by atoms with Gasteiger partial charge < -0.3 is 24.8 Å². The summed E-state index contributed by atoms with van der Waals surface area (Å²) < 4.78 is 15.8. The number of hydrogen-bond acceptors (Lipinski definition) is 5. The van der Waals surface area contributed by atoms with Crippen LogP contribution in [-0.4, -0.2) is 39.8 Å². The second-order valence-electron chi connectivity index (χ2n) is 4.98. The summed E-state index contributed by atoms with van der Waals surface area (Å²) >= 11 is 0. The Balaban J connectivity index is 2.70. The Hall–Kier alpha value is -1.95. The van der Waals surface area contributed by atoms with Crippen LogP contribution < -0.4 is 24.8 Å². The molecule has 0 saturated heterocycles. The number of amides is 1. The zero-order chi connectivity index (χ0) is 16.5. The van der Waals surface area contributed by atoms with Crippen molar-refractivity contribution in [2.24, 2.45) is 0 Å². The number of nitrogens with one attached hydrogen (secondary N) is 2. The Kier molecular flexibility index (Phi) is 7.52. The highest BCUT2D eigenvalue weighted by atomic mass is 16.5. The van der Waals surface area contributed by atoms with E-state index in [-0.39, 0.29) is 5.91 Å². The Morgan fingerprint density at radius 2 is 1.73 bits per heavy atom. The lowest BCUT2D eigenvalue weighted by molar-refractivity contribution is -0.116. The highest BCUT2D eigenvalue weighted by Gasteiger charge is 2.14. The minimum atomic E-state index is -0.0647. The summed E-state index contributed by atoms with van der Waals surface area (Å²) in [5.41, 5.74) is 0.614. The first-order chi connectivity index (χ1) is 10.5. The van der Waals surface area contributed by atoms with E-state index in [9.17, 15) is 4.79 Å². The Labute approximate surface area is 132 Å². The molecule has 1 atom stereocenters. The van der Waals surface area contributed by atoms with Crippen LogP contribution in [-0.2, 0) is 4.79 Å². The molecule has 0 radical (unpaired) electrons. The number of anilines is 1. The third-order valence-electron chi connectivity index (χ3n) is 3.41. The summed E-state index contributed by atoms with van der Waals surface area (Å²) in [4.78, 5) is 12.0. The maximum Gasteiger partial charge on any atom is 0.225 e. The zero-order valence-electron chi connectivity index (χ0n) is 14.0. The quantitative estimate of drug-likeness (QED) is 0.733. The van der Waals surface area contributed by atoms with Crippen LogP contribution in [0.1, 0.15) is 26.7 Å². The summed E-state index contributed by atoms with van der Waals surface area (Å²) in [6.07, 6.45) is 1.44. The molecule has 1 aromatic rings. The molecular formula is C16H26N2O4. The van der Waals surface area contributed by atoms with Crippen molar-refractivity contribution in [1.29, 1.82) is 0 Å². The van der Waals surface area contributed by atoms with Gasteiger partial charge in [-0.05, 0) is 13.3 Å². The first-order valence-corrected chi connectivity index (χ1v) is 7.38. The lowest BCUT2D eigenvalue weighted by atomic mass is 10.2. The molecule has 1 unspecified atom stereocenters. The Morgan fingerprint density at radius 1 is 1.14 bits per heavy atom. The number of methoxy groups -OCH3 is 3. The van der Waals surface area contributed by atoms with E-state index in [4.69, 9.17) is 14.2 Å². The molecule has 0 aliphatic rings. The van der Waals surface area contributed by atoms with Gasteiger partial charge >= 0.3 is 0 Å². The van der Waals surface area contributed by atoms with Gasteiger partial charge in [-0.3, -0.25) is 4.79 Å². The molecule has 0 aromatic heterocycles. The zero-order valence-corrected chi connectivity index (χ0v) is 14.0. The van der Waals surface area contributed by atoms with E-state index in [1.54, 1.807) is 33.5 Å². The minimum Gasteiger partial charge on any atom is -0.493 e. The molecule has 0 fully saturated rings. The summed E-state index contributed by atoms with van der Waals surface area (Å²) in [6, 6.07) is 3.83. The molecule has 0 bridgehead atoms. The van der Waals surface area contributed by atoms with Crippen LogP contribution in [0, 0.1) is 0 Å². The van der Waals surface area contributed by atoms with Crippen molar-refractivity contribution < 1.29 is 19.0 Å². The monoisotopic (exact) mass is 310 g/mol. The topological polar surface area (TPSA) is 68.8 Å². The summed E-state index contributed by atoms with van der Waals surface area (Å²) in [5, 5.41) is 6.12. The molecule has 124 valence electrons. The van der Waals surface area contributed by atoms with Gasteiger partial charge in [0, 0.05) is 36.8 Å². The Morgan fingerprint density at radius 3 is 2.18 bits per heavy atom. The summed E-state index contributed by atoms with van der Waals surface area (Å²) in [6.45, 7) is 4.84. The number of carbonyl (C=O) groups excluding carboxylic acids is 1. The fourth-order valence-corrected chi connectivity index (χ4v) is 1.95. The van der Waals surface area contributed by atoms with Gasteiger partial charge in [0.2, 0.25) is 11.7 Å². The normalized spacial score (nSPS) is 11.7. The number of rotatable bonds is 9. The SMILES string of the molecule is CCC(C)NCCC(=O)Nc1cc(OC)c(OC)c(OC)c1. The molecule has 0 aliphatic carbocycles. The van der Waals surface area contributed by atoms with Gasteiger partial charge in [-0.2, -0.15) is 0 Å². The molecule has 0 saturated carbocycles. The van der Waals surface area contributed by atoms with Gasteiger partial charge in [-0.15, -0.1) is 0 Å². The fraction of sp³-hybridized carbons (Fsp3) is 0.562. The van der Waals surface area contributed by atoms with E-state index in [0.29, 0.717) is 41.9 Å². The molecule has 1 amide bonds. The van der Waals surface area contributed by atoms with Crippen LogP contribution in [0.4, 0.5) is 5.69 Å². The van der Waals surface area contributed by atoms with Crippen LogP contribution in [0.25, 0.3) is 0 Å². The highest BCUT2D eigenvalue weighted by molar-refractivity contribution is 5.91. The van der Waals surface area contributed by atoms with E-state index in [2.05, 4.69) is 24.5 Å². The Bertz CT molecular complexity index is 466. The third-order valence-corrected chi connectivity index (χ3v) is 3.41. The van der Waals surface area contributed by atoms with Crippen LogP contribution in [0.5, 0.6) is 17.2 Å². The van der Waals surface area contributed by atoms with Crippen molar-refractivity contribution in [2.45, 2.75) is 32.7 Å². The lowest BCUT2D eigenvalue weighted by Gasteiger charge is -2.15. The van der Waals surface area contributed by atoms with Crippen LogP contribution in [0.3, 0.4) is 0 Å². The molecule has 1 rings (SSSR count). The van der Waals surface area contributed by atoms with Gasteiger partial charge in [-0.25, -0.2) is 0 Å². The number of carbonyl (C=O) groups is 1. The first-order valence-electron chi connectivity index (χ1n) is 7.38. The second kappa shape index (κ2) is 9.15. The van der Waals surface area contributed by atoms with Gasteiger partial charge in [-0.1, -0.05) is 6.92 Å². The van der Waals surface area contributed by atoms with Crippen molar-refractivity contribution in [3.05, 3.63) is 12.1 Å². The van der Waals surface area contributed by atoms with Crippen molar-refractivity contribution in [3.63, 3.8) is 0 Å². The smallest absolute Gasteiger partial charge is 0.225 e. The standard InChI is InChI=1S/C16H26N2O4/c1-6-11(2)17-8-7-15(19)18-12-9-13(20-3)16(22-5)14(10-12)21-4/h9-11,17H,6-8H2,1-5H3,(H,18,19). The maximum atomic E-state index is 12.0. The largest absolute Gasteiger partial charge is 0.493 e. The minimum absolute atomic E-state index is 0.0647. The molecule has 0 aliphatic heterocycles. The van der Waals surface area contributed by atoms with Gasteiger partial charge in [0.1, 0.15) is 0 Å². The summed E-state index contributed by atoms with van der Waals surface area (Å²) in [5.74, 6) is 1.45. The number of ether oxygens (including phenoxy) is 3. The van der Waals surface area contributed by atoms with Crippen molar-refractivity contribution >= 4 is 11.6 Å². The van der Waals surface area contributed by atoms with Crippen molar-refractivity contribution in [1.82, 2.24) is 5.32 Å². The molecule has 0 spiro atoms. The molecule has 6 nitrogen and oxygen atoms in total. The van der Waals surface area contributed by atoms with Crippen LogP contribution in [0.2, 0.25) is 0 Å². The number of benzene rings is 1. The molecule has 22 heavy (non-hydrogen) atoms. The average Bonchev–Trinajstić information content (AvgIpc) is 2.53. The highest BCUT2D eigenvalue weighted by Crippen LogP contribution is 2.39. The second-order valence-corrected chi connectivity index (χ2v) is 4.98. The average molecular weight is 310 g/mol. The van der Waals surface area contributed by atoms with E-state index in [0.717, 1.165) is 6.42 Å². The van der Waals surface area contributed by atoms with E-state index < -0.39 is 0 Å². The van der Waals surface area contributed by atoms with Crippen molar-refractivity contribution in [3.8, 4) is 17.2 Å². The van der Waals surface area contributed by atoms with Gasteiger partial charge in [0.15, 0.2) is 11.5 Å². The predicted molar refractivity (Wildman–Crippen MR) is 87.1 cm³/mol. The van der Waals surface area contributed by atoms with Crippen LogP contribution >= 0.6 is 0 Å². The van der Waals surface area contributed by atoms with E-state index in [1.807, 2.05) is 0 Å². The molecule has 1 aromatic carbocycles. The third kappa shape index (κ3) is 5.11. The molecule has 6 heteroatoms. The fourth-order valence-electron chi connectivity index (χ4n) is 1.95. The summed E-state index contributed by atoms with van der Waals surface area (Å²) in [7, 11) is 4.62. The van der Waals surface area contributed by atoms with E-state index in [1.165, 1.54) is 0 Å². The maximum absolute atomic E-state index is 12.0. The molecule has 2 N–H and O–H groups in total. The van der Waals surface area contributed by atoms with Gasteiger partial charge in [0.05, 0.1) is 21.3 Å². The van der Waals surface area contributed by atoms with Crippen LogP contribution in [0.15, 0.2) is 12.1 Å². The molecular weight excluding hydrogens is 284 g/mol. The van der Waals surface area contributed by atoms with Crippen molar-refractivity contribution in [2.75, 3.05) is 33.2 Å².